The number of anilines is 1. The summed E-state index contributed by atoms with van der Waals surface area (Å²) in [6.45, 7) is 6.64. The highest BCUT2D eigenvalue weighted by Gasteiger charge is 2.24. The number of carbonyl (C=O) groups is 1. The molecule has 23 heavy (non-hydrogen) atoms. The highest BCUT2D eigenvalue weighted by Crippen LogP contribution is 2.32. The molecule has 2 rings (SSSR count). The van der Waals surface area contributed by atoms with Gasteiger partial charge in [-0.1, -0.05) is 33.3 Å². The summed E-state index contributed by atoms with van der Waals surface area (Å²) in [5, 5.41) is 0. The van der Waals surface area contributed by atoms with Gasteiger partial charge < -0.3 is 9.64 Å². The van der Waals surface area contributed by atoms with Crippen LogP contribution in [0.5, 0.6) is 0 Å². The third-order valence-electron chi connectivity index (χ3n) is 4.40. The molecule has 0 fully saturated rings. The monoisotopic (exact) mass is 313 g/mol. The molecule has 1 aromatic carbocycles. The average molecular weight is 313 g/mol. The van der Waals surface area contributed by atoms with Crippen LogP contribution in [0, 0.1) is 0 Å². The van der Waals surface area contributed by atoms with Crippen LogP contribution in [0.1, 0.15) is 56.8 Å². The van der Waals surface area contributed by atoms with Crippen molar-refractivity contribution in [3.8, 4) is 0 Å². The van der Waals surface area contributed by atoms with Crippen LogP contribution in [-0.2, 0) is 4.74 Å². The van der Waals surface area contributed by atoms with Crippen LogP contribution >= 0.6 is 0 Å². The first-order valence-corrected chi connectivity index (χ1v) is 8.52. The predicted octanol–water partition coefficient (Wildman–Crippen LogP) is 5.09. The Morgan fingerprint density at radius 3 is 2.35 bits per heavy atom. The lowest BCUT2D eigenvalue weighted by Gasteiger charge is -2.36. The maximum absolute atomic E-state index is 11.6. The fraction of sp³-hybridized carbons (Fsp3) is 0.450. The molecule has 124 valence electrons. The van der Waals surface area contributed by atoms with Gasteiger partial charge in [-0.2, -0.15) is 0 Å². The van der Waals surface area contributed by atoms with E-state index in [2.05, 4.69) is 37.9 Å². The summed E-state index contributed by atoms with van der Waals surface area (Å²) in [5.74, 6) is -0.292. The molecule has 0 spiro atoms. The molecule has 1 aliphatic rings. The molecule has 3 nitrogen and oxygen atoms in total. The number of rotatable bonds is 6. The van der Waals surface area contributed by atoms with Gasteiger partial charge in [-0.3, -0.25) is 0 Å². The van der Waals surface area contributed by atoms with Crippen molar-refractivity contribution < 1.29 is 9.53 Å². The van der Waals surface area contributed by atoms with E-state index in [0.717, 1.165) is 31.4 Å². The molecule has 1 unspecified atom stereocenters. The number of benzene rings is 1. The quantitative estimate of drug-likeness (QED) is 0.685. The highest BCUT2D eigenvalue weighted by molar-refractivity contribution is 5.89. The Bertz CT molecular complexity index is 599. The Hall–Kier alpha value is -2.03. The Balaban J connectivity index is 2.35. The third-order valence-corrected chi connectivity index (χ3v) is 4.40. The number of methoxy groups -OCH3 is 1. The van der Waals surface area contributed by atoms with E-state index >= 15 is 0 Å². The first-order valence-electron chi connectivity index (χ1n) is 8.52. The zero-order chi connectivity index (χ0) is 16.8. The van der Waals surface area contributed by atoms with E-state index in [1.807, 2.05) is 24.3 Å². The van der Waals surface area contributed by atoms with Crippen molar-refractivity contribution in [1.29, 1.82) is 0 Å². The molecule has 0 aliphatic carbocycles. The minimum absolute atomic E-state index is 0.292. The Kier molecular flexibility index (Phi) is 6.03. The molecule has 1 atom stereocenters. The molecule has 0 saturated heterocycles. The largest absolute Gasteiger partial charge is 0.465 e. The fourth-order valence-corrected chi connectivity index (χ4v) is 3.09. The molecule has 1 heterocycles. The van der Waals surface area contributed by atoms with Gasteiger partial charge in [-0.15, -0.1) is 0 Å². The van der Waals surface area contributed by atoms with E-state index in [0.29, 0.717) is 11.6 Å². The number of nitrogens with zero attached hydrogens (tertiary/aromatic N) is 1. The van der Waals surface area contributed by atoms with Crippen LogP contribution in [0.2, 0.25) is 0 Å². The van der Waals surface area contributed by atoms with Crippen molar-refractivity contribution in [2.24, 2.45) is 0 Å². The molecule has 0 bridgehead atoms. The standard InChI is InChI=1S/C20H27NO2/c1-5-8-19-16(7-3)13-15(6-2)14-21(19)18-11-9-17(10-12-18)20(22)23-4/h9-14,19H,5-8H2,1-4H3. The van der Waals surface area contributed by atoms with Crippen molar-refractivity contribution in [2.45, 2.75) is 52.5 Å². The number of carbonyl (C=O) groups excluding carboxylic acids is 1. The van der Waals surface area contributed by atoms with Crippen LogP contribution in [0.4, 0.5) is 5.69 Å². The lowest BCUT2D eigenvalue weighted by Crippen LogP contribution is -2.35. The molecule has 0 aromatic heterocycles. The Labute approximate surface area is 139 Å². The summed E-state index contributed by atoms with van der Waals surface area (Å²) in [6, 6.07) is 8.11. The van der Waals surface area contributed by atoms with Gasteiger partial charge in [-0.05, 0) is 54.7 Å². The number of hydrogen-bond donors (Lipinski definition) is 0. The average Bonchev–Trinajstić information content (AvgIpc) is 2.61. The maximum Gasteiger partial charge on any atom is 0.337 e. The lowest BCUT2D eigenvalue weighted by atomic mass is 9.92. The van der Waals surface area contributed by atoms with Crippen molar-refractivity contribution in [1.82, 2.24) is 0 Å². The number of hydrogen-bond acceptors (Lipinski definition) is 3. The van der Waals surface area contributed by atoms with E-state index in [4.69, 9.17) is 4.74 Å². The summed E-state index contributed by atoms with van der Waals surface area (Å²) in [7, 11) is 1.41. The lowest BCUT2D eigenvalue weighted by molar-refractivity contribution is 0.0601. The van der Waals surface area contributed by atoms with Crippen molar-refractivity contribution in [3.05, 3.63) is 53.3 Å². The topological polar surface area (TPSA) is 29.5 Å². The molecule has 3 heteroatoms. The van der Waals surface area contributed by atoms with Gasteiger partial charge in [0.1, 0.15) is 0 Å². The smallest absolute Gasteiger partial charge is 0.337 e. The zero-order valence-electron chi connectivity index (χ0n) is 14.6. The minimum atomic E-state index is -0.292. The second-order valence-electron chi connectivity index (χ2n) is 5.88. The molecular formula is C20H27NO2. The van der Waals surface area contributed by atoms with E-state index in [1.165, 1.54) is 18.3 Å². The van der Waals surface area contributed by atoms with Crippen LogP contribution < -0.4 is 4.90 Å². The van der Waals surface area contributed by atoms with Crippen LogP contribution in [0.25, 0.3) is 0 Å². The molecule has 0 amide bonds. The second-order valence-corrected chi connectivity index (χ2v) is 5.88. The van der Waals surface area contributed by atoms with E-state index in [-0.39, 0.29) is 5.97 Å². The SMILES string of the molecule is CCCC1C(CC)=CC(CC)=CN1c1ccc(C(=O)OC)cc1. The van der Waals surface area contributed by atoms with Crippen LogP contribution in [-0.4, -0.2) is 19.1 Å². The summed E-state index contributed by atoms with van der Waals surface area (Å²) >= 11 is 0. The van der Waals surface area contributed by atoms with Crippen LogP contribution in [0.3, 0.4) is 0 Å². The van der Waals surface area contributed by atoms with Gasteiger partial charge in [0.15, 0.2) is 0 Å². The van der Waals surface area contributed by atoms with E-state index < -0.39 is 0 Å². The van der Waals surface area contributed by atoms with Crippen molar-refractivity contribution in [3.63, 3.8) is 0 Å². The summed E-state index contributed by atoms with van der Waals surface area (Å²) in [4.78, 5) is 14.0. The van der Waals surface area contributed by atoms with Crippen LogP contribution in [0.15, 0.2) is 47.7 Å². The van der Waals surface area contributed by atoms with Gasteiger partial charge >= 0.3 is 5.97 Å². The normalized spacial score (nSPS) is 17.6. The first kappa shape index (κ1) is 17.3. The molecule has 0 saturated carbocycles. The van der Waals surface area contributed by atoms with E-state index in [1.54, 1.807) is 0 Å². The molecular weight excluding hydrogens is 286 g/mol. The Morgan fingerprint density at radius 1 is 1.13 bits per heavy atom. The molecule has 1 aromatic rings. The van der Waals surface area contributed by atoms with Gasteiger partial charge in [0, 0.05) is 11.9 Å². The van der Waals surface area contributed by atoms with Gasteiger partial charge in [0.25, 0.3) is 0 Å². The van der Waals surface area contributed by atoms with Crippen molar-refractivity contribution in [2.75, 3.05) is 12.0 Å². The molecule has 0 N–H and O–H groups in total. The summed E-state index contributed by atoms with van der Waals surface area (Å²) in [5.41, 5.74) is 4.56. The van der Waals surface area contributed by atoms with Crippen molar-refractivity contribution >= 4 is 11.7 Å². The Morgan fingerprint density at radius 2 is 1.83 bits per heavy atom. The first-order chi connectivity index (χ1) is 11.1. The van der Waals surface area contributed by atoms with Gasteiger partial charge in [0.05, 0.1) is 18.7 Å². The van der Waals surface area contributed by atoms with Gasteiger partial charge in [-0.25, -0.2) is 4.79 Å². The number of ether oxygens (including phenoxy) is 1. The van der Waals surface area contributed by atoms with Gasteiger partial charge in [0.2, 0.25) is 0 Å². The molecule has 1 aliphatic heterocycles. The minimum Gasteiger partial charge on any atom is -0.465 e. The zero-order valence-corrected chi connectivity index (χ0v) is 14.6. The van der Waals surface area contributed by atoms with E-state index in [9.17, 15) is 4.79 Å². The third kappa shape index (κ3) is 3.84. The second kappa shape index (κ2) is 8.00. The fourth-order valence-electron chi connectivity index (χ4n) is 3.09. The number of esters is 1. The molecule has 0 radical (unpaired) electrons. The highest BCUT2D eigenvalue weighted by atomic mass is 16.5. The maximum atomic E-state index is 11.6. The summed E-state index contributed by atoms with van der Waals surface area (Å²) in [6.07, 6.45) is 8.99. The summed E-state index contributed by atoms with van der Waals surface area (Å²) < 4.78 is 4.78. The number of allylic oxidation sites excluding steroid dienone is 2. The predicted molar refractivity (Wildman–Crippen MR) is 95.7 cm³/mol.